The van der Waals surface area contributed by atoms with Crippen molar-refractivity contribution in [3.8, 4) is 5.75 Å². The lowest BCUT2D eigenvalue weighted by atomic mass is 9.88. The highest BCUT2D eigenvalue weighted by Gasteiger charge is 2.52. The SMILES string of the molecule is COc1cccc(C(=O)C2C(=O)C(=O)N(CCC[n+]3cc[nH]c3)C2c2ccc(C)o2)c1. The molecule has 2 atom stereocenters. The number of methoxy groups -OCH3 is 1. The molecule has 1 amide bonds. The van der Waals surface area contributed by atoms with Gasteiger partial charge in [-0.3, -0.25) is 19.4 Å². The summed E-state index contributed by atoms with van der Waals surface area (Å²) in [6.07, 6.45) is 6.14. The number of Topliss-reactive ketones (excluding diaryl/α,β-unsaturated/α-hetero) is 2. The monoisotopic (exact) mass is 422 g/mol. The molecule has 3 heterocycles. The summed E-state index contributed by atoms with van der Waals surface area (Å²) >= 11 is 0. The second-order valence-corrected chi connectivity index (χ2v) is 7.53. The number of benzene rings is 1. The van der Waals surface area contributed by atoms with Gasteiger partial charge < -0.3 is 14.1 Å². The first kappa shape index (κ1) is 20.6. The van der Waals surface area contributed by atoms with E-state index in [1.54, 1.807) is 43.3 Å². The van der Waals surface area contributed by atoms with E-state index in [0.29, 0.717) is 42.3 Å². The van der Waals surface area contributed by atoms with E-state index in [1.165, 1.54) is 12.0 Å². The Bertz CT molecular complexity index is 1100. The summed E-state index contributed by atoms with van der Waals surface area (Å²) in [6.45, 7) is 2.78. The fraction of sp³-hybridized carbons (Fsp3) is 0.304. The molecule has 0 aliphatic carbocycles. The molecule has 0 bridgehead atoms. The number of hydrogen-bond acceptors (Lipinski definition) is 5. The molecule has 0 saturated carbocycles. The highest BCUT2D eigenvalue weighted by atomic mass is 16.5. The molecule has 1 aromatic carbocycles. The topological polar surface area (TPSA) is 96.5 Å². The number of imidazole rings is 1. The molecule has 8 nitrogen and oxygen atoms in total. The number of aromatic nitrogens is 2. The fourth-order valence-corrected chi connectivity index (χ4v) is 4.00. The van der Waals surface area contributed by atoms with Crippen LogP contribution in [0.3, 0.4) is 0 Å². The number of carbonyl (C=O) groups is 3. The number of rotatable bonds is 8. The number of hydrogen-bond donors (Lipinski definition) is 1. The molecule has 0 radical (unpaired) electrons. The first-order valence-electron chi connectivity index (χ1n) is 10.1. The number of ether oxygens (including phenoxy) is 1. The van der Waals surface area contributed by atoms with Crippen molar-refractivity contribution >= 4 is 17.5 Å². The van der Waals surface area contributed by atoms with E-state index in [2.05, 4.69) is 4.98 Å². The van der Waals surface area contributed by atoms with Crippen molar-refractivity contribution < 1.29 is 28.1 Å². The summed E-state index contributed by atoms with van der Waals surface area (Å²) in [5.74, 6) is -1.35. The van der Waals surface area contributed by atoms with Crippen molar-refractivity contribution in [3.63, 3.8) is 0 Å². The summed E-state index contributed by atoms with van der Waals surface area (Å²) in [4.78, 5) is 43.7. The van der Waals surface area contributed by atoms with Gasteiger partial charge in [0.1, 0.15) is 41.6 Å². The second kappa shape index (κ2) is 8.59. The van der Waals surface area contributed by atoms with Gasteiger partial charge in [0.05, 0.1) is 13.7 Å². The van der Waals surface area contributed by atoms with Crippen LogP contribution in [0.25, 0.3) is 0 Å². The Morgan fingerprint density at radius 3 is 2.77 bits per heavy atom. The third kappa shape index (κ3) is 4.01. The number of amides is 1. The summed E-state index contributed by atoms with van der Waals surface area (Å²) in [5.41, 5.74) is 0.323. The molecule has 1 fully saturated rings. The van der Waals surface area contributed by atoms with Crippen molar-refractivity contribution in [2.45, 2.75) is 25.9 Å². The summed E-state index contributed by atoms with van der Waals surface area (Å²) < 4.78 is 12.9. The lowest BCUT2D eigenvalue weighted by Crippen LogP contribution is -2.36. The van der Waals surface area contributed by atoms with E-state index in [9.17, 15) is 14.4 Å². The Morgan fingerprint density at radius 1 is 1.26 bits per heavy atom. The van der Waals surface area contributed by atoms with Crippen molar-refractivity contribution in [2.24, 2.45) is 5.92 Å². The molecule has 3 aromatic rings. The molecule has 8 heteroatoms. The van der Waals surface area contributed by atoms with Gasteiger partial charge in [-0.1, -0.05) is 12.1 Å². The van der Waals surface area contributed by atoms with Gasteiger partial charge in [-0.05, 0) is 31.2 Å². The van der Waals surface area contributed by atoms with E-state index in [4.69, 9.17) is 9.15 Å². The maximum absolute atomic E-state index is 13.4. The zero-order valence-electron chi connectivity index (χ0n) is 17.4. The molecule has 1 aliphatic heterocycles. The normalized spacial score (nSPS) is 18.6. The van der Waals surface area contributed by atoms with Crippen LogP contribution in [0.15, 0.2) is 59.5 Å². The summed E-state index contributed by atoms with van der Waals surface area (Å²) in [6, 6.07) is 9.33. The maximum Gasteiger partial charge on any atom is 0.291 e. The van der Waals surface area contributed by atoms with E-state index in [1.807, 2.05) is 23.3 Å². The highest BCUT2D eigenvalue weighted by Crippen LogP contribution is 2.39. The van der Waals surface area contributed by atoms with Gasteiger partial charge in [0.25, 0.3) is 5.91 Å². The van der Waals surface area contributed by atoms with Crippen molar-refractivity contribution in [1.82, 2.24) is 9.88 Å². The van der Waals surface area contributed by atoms with E-state index in [-0.39, 0.29) is 0 Å². The fourth-order valence-electron chi connectivity index (χ4n) is 4.00. The van der Waals surface area contributed by atoms with Crippen LogP contribution in [-0.2, 0) is 16.1 Å². The van der Waals surface area contributed by atoms with Gasteiger partial charge in [0.15, 0.2) is 5.78 Å². The van der Waals surface area contributed by atoms with Gasteiger partial charge in [-0.2, -0.15) is 0 Å². The Balaban J connectivity index is 1.64. The number of aryl methyl sites for hydroxylation is 2. The number of likely N-dealkylation sites (tertiary alicyclic amines) is 1. The summed E-state index contributed by atoms with van der Waals surface area (Å²) in [7, 11) is 1.51. The zero-order chi connectivity index (χ0) is 22.0. The first-order valence-corrected chi connectivity index (χ1v) is 10.1. The van der Waals surface area contributed by atoms with Crippen LogP contribution in [-0.4, -0.2) is 41.0 Å². The lowest BCUT2D eigenvalue weighted by Gasteiger charge is -2.25. The number of furan rings is 1. The van der Waals surface area contributed by atoms with Gasteiger partial charge in [0.2, 0.25) is 12.1 Å². The number of carbonyl (C=O) groups excluding carboxylic acids is 3. The molecular formula is C23H24N3O5+. The highest BCUT2D eigenvalue weighted by molar-refractivity contribution is 6.44. The summed E-state index contributed by atoms with van der Waals surface area (Å²) in [5, 5.41) is 0. The van der Waals surface area contributed by atoms with Crippen LogP contribution in [0.4, 0.5) is 0 Å². The molecule has 2 aromatic heterocycles. The second-order valence-electron chi connectivity index (χ2n) is 7.53. The number of H-pyrrole nitrogens is 1. The van der Waals surface area contributed by atoms with E-state index < -0.39 is 29.4 Å². The van der Waals surface area contributed by atoms with Gasteiger partial charge >= 0.3 is 0 Å². The molecule has 2 unspecified atom stereocenters. The standard InChI is InChI=1S/C23H23N3O5/c1-15-7-8-18(31-15)20-19(21(27)16-5-3-6-17(13-16)30-2)22(28)23(29)26(20)11-4-10-25-12-9-24-14-25/h3,5-9,12-14,19-20H,4,10-11H2,1-2H3/p+1. The Hall–Kier alpha value is -3.68. The minimum absolute atomic E-state index is 0.323. The Morgan fingerprint density at radius 2 is 2.10 bits per heavy atom. The third-order valence-corrected chi connectivity index (χ3v) is 5.51. The predicted octanol–water partition coefficient (Wildman–Crippen LogP) is 2.25. The van der Waals surface area contributed by atoms with Crippen molar-refractivity contribution in [2.75, 3.05) is 13.7 Å². The first-order chi connectivity index (χ1) is 15.0. The lowest BCUT2D eigenvalue weighted by molar-refractivity contribution is -0.695. The largest absolute Gasteiger partial charge is 0.497 e. The number of nitrogens with one attached hydrogen (secondary N) is 1. The predicted molar refractivity (Wildman–Crippen MR) is 109 cm³/mol. The zero-order valence-corrected chi connectivity index (χ0v) is 17.4. The van der Waals surface area contributed by atoms with Crippen molar-refractivity contribution in [1.29, 1.82) is 0 Å². The van der Waals surface area contributed by atoms with Gasteiger partial charge in [-0.25, -0.2) is 4.57 Å². The molecule has 0 spiro atoms. The Labute approximate surface area is 179 Å². The average Bonchev–Trinajstić information content (AvgIpc) is 3.50. The van der Waals surface area contributed by atoms with Crippen LogP contribution in [0.1, 0.15) is 34.3 Å². The minimum atomic E-state index is -1.16. The molecule has 1 N–H and O–H groups in total. The van der Waals surface area contributed by atoms with E-state index >= 15 is 0 Å². The quantitative estimate of drug-likeness (QED) is 0.260. The van der Waals surface area contributed by atoms with Gasteiger partial charge in [0, 0.05) is 18.5 Å². The van der Waals surface area contributed by atoms with Crippen LogP contribution in [0.2, 0.25) is 0 Å². The average molecular weight is 422 g/mol. The van der Waals surface area contributed by atoms with Crippen LogP contribution in [0.5, 0.6) is 5.75 Å². The van der Waals surface area contributed by atoms with Crippen molar-refractivity contribution in [3.05, 3.63) is 72.2 Å². The third-order valence-electron chi connectivity index (χ3n) is 5.51. The minimum Gasteiger partial charge on any atom is -0.497 e. The van der Waals surface area contributed by atoms with Crippen LogP contribution in [0, 0.1) is 12.8 Å². The molecular weight excluding hydrogens is 398 g/mol. The molecule has 1 aliphatic rings. The number of ketones is 2. The maximum atomic E-state index is 13.4. The molecule has 31 heavy (non-hydrogen) atoms. The number of nitrogens with zero attached hydrogens (tertiary/aromatic N) is 2. The van der Waals surface area contributed by atoms with Gasteiger partial charge in [-0.15, -0.1) is 0 Å². The Kier molecular flexibility index (Phi) is 5.70. The smallest absolute Gasteiger partial charge is 0.291 e. The van der Waals surface area contributed by atoms with Crippen LogP contribution < -0.4 is 9.30 Å². The molecule has 160 valence electrons. The molecule has 1 saturated heterocycles. The van der Waals surface area contributed by atoms with Crippen LogP contribution >= 0.6 is 0 Å². The van der Waals surface area contributed by atoms with E-state index in [0.717, 1.165) is 0 Å². The molecule has 4 rings (SSSR count). The number of aromatic amines is 1.